The van der Waals surface area contributed by atoms with Crippen LogP contribution in [0.4, 0.5) is 11.4 Å². The van der Waals surface area contributed by atoms with Gasteiger partial charge in [0.05, 0.1) is 13.1 Å². The molecule has 0 unspecified atom stereocenters. The number of nitrogens with zero attached hydrogens (tertiary/aromatic N) is 3. The average molecular weight is 498 g/mol. The Hall–Kier alpha value is -3.55. The lowest BCUT2D eigenvalue weighted by Crippen LogP contribution is -2.30. The van der Waals surface area contributed by atoms with Crippen molar-refractivity contribution in [2.75, 3.05) is 49.9 Å². The molecule has 0 bridgehead atoms. The quantitative estimate of drug-likeness (QED) is 0.460. The van der Waals surface area contributed by atoms with Crippen molar-refractivity contribution >= 4 is 23.2 Å². The van der Waals surface area contributed by atoms with Crippen molar-refractivity contribution in [3.8, 4) is 0 Å². The van der Waals surface area contributed by atoms with Gasteiger partial charge in [-0.2, -0.15) is 0 Å². The van der Waals surface area contributed by atoms with Gasteiger partial charge in [-0.3, -0.25) is 24.4 Å². The van der Waals surface area contributed by atoms with Crippen LogP contribution in [0.5, 0.6) is 0 Å². The van der Waals surface area contributed by atoms with Gasteiger partial charge in [0.2, 0.25) is 11.8 Å². The molecule has 0 aliphatic carbocycles. The van der Waals surface area contributed by atoms with Gasteiger partial charge in [0.15, 0.2) is 0 Å². The zero-order valence-electron chi connectivity index (χ0n) is 21.2. The maximum Gasteiger partial charge on any atom is 0.238 e. The van der Waals surface area contributed by atoms with Crippen LogP contribution in [0.1, 0.15) is 48.3 Å². The molecule has 2 fully saturated rings. The Bertz CT molecular complexity index is 1090. The zero-order valence-corrected chi connectivity index (χ0v) is 21.2. The van der Waals surface area contributed by atoms with Crippen LogP contribution in [-0.2, 0) is 9.59 Å². The van der Waals surface area contributed by atoms with Crippen molar-refractivity contribution in [3.63, 3.8) is 0 Å². The molecular formula is C30H35N5O2. The molecule has 0 atom stereocenters. The maximum absolute atomic E-state index is 12.4. The van der Waals surface area contributed by atoms with Gasteiger partial charge in [0.1, 0.15) is 0 Å². The smallest absolute Gasteiger partial charge is 0.238 e. The van der Waals surface area contributed by atoms with E-state index in [1.807, 2.05) is 48.8 Å². The minimum absolute atomic E-state index is 0.00621. The average Bonchev–Trinajstić information content (AvgIpc) is 3.61. The number of nitrogens with one attached hydrogen (secondary N) is 2. The summed E-state index contributed by atoms with van der Waals surface area (Å²) < 4.78 is 0. The molecule has 2 saturated heterocycles. The molecule has 7 heteroatoms. The van der Waals surface area contributed by atoms with Crippen molar-refractivity contribution in [2.45, 2.75) is 31.6 Å². The second kappa shape index (κ2) is 12.1. The topological polar surface area (TPSA) is 77.6 Å². The molecule has 3 aromatic rings. The van der Waals surface area contributed by atoms with Crippen LogP contribution < -0.4 is 10.6 Å². The van der Waals surface area contributed by atoms with E-state index in [1.165, 1.54) is 25.7 Å². The monoisotopic (exact) mass is 497 g/mol. The van der Waals surface area contributed by atoms with E-state index in [1.54, 1.807) is 0 Å². The first-order valence-electron chi connectivity index (χ1n) is 13.3. The van der Waals surface area contributed by atoms with Crippen molar-refractivity contribution in [2.24, 2.45) is 0 Å². The Labute approximate surface area is 218 Å². The molecule has 37 heavy (non-hydrogen) atoms. The number of rotatable bonds is 9. The highest BCUT2D eigenvalue weighted by Gasteiger charge is 2.19. The van der Waals surface area contributed by atoms with E-state index in [9.17, 15) is 9.59 Å². The largest absolute Gasteiger partial charge is 0.325 e. The highest BCUT2D eigenvalue weighted by Crippen LogP contribution is 2.33. The van der Waals surface area contributed by atoms with Crippen molar-refractivity contribution in [1.82, 2.24) is 14.8 Å². The fourth-order valence-corrected chi connectivity index (χ4v) is 5.34. The first-order chi connectivity index (χ1) is 18.1. The molecule has 5 rings (SSSR count). The predicted molar refractivity (Wildman–Crippen MR) is 147 cm³/mol. The lowest BCUT2D eigenvalue weighted by molar-refractivity contribution is -0.117. The van der Waals surface area contributed by atoms with Gasteiger partial charge in [-0.15, -0.1) is 0 Å². The molecule has 0 spiro atoms. The number of anilines is 2. The molecule has 0 radical (unpaired) electrons. The lowest BCUT2D eigenvalue weighted by Gasteiger charge is -2.20. The molecule has 2 aromatic carbocycles. The summed E-state index contributed by atoms with van der Waals surface area (Å²) in [4.78, 5) is 33.5. The van der Waals surface area contributed by atoms with Crippen LogP contribution in [0, 0.1) is 0 Å². The molecule has 1 aromatic heterocycles. The minimum atomic E-state index is 0.00621. The number of hydrogen-bond acceptors (Lipinski definition) is 5. The summed E-state index contributed by atoms with van der Waals surface area (Å²) >= 11 is 0. The molecule has 2 amide bonds. The van der Waals surface area contributed by atoms with Gasteiger partial charge in [-0.1, -0.05) is 24.3 Å². The first kappa shape index (κ1) is 25.1. The minimum Gasteiger partial charge on any atom is -0.325 e. The summed E-state index contributed by atoms with van der Waals surface area (Å²) in [6.07, 6.45) is 8.30. The van der Waals surface area contributed by atoms with E-state index in [2.05, 4.69) is 49.7 Å². The third-order valence-electron chi connectivity index (χ3n) is 7.23. The van der Waals surface area contributed by atoms with Gasteiger partial charge in [-0.25, -0.2) is 0 Å². The Balaban J connectivity index is 1.28. The number of hydrogen-bond donors (Lipinski definition) is 2. The number of carbonyl (C=O) groups excluding carboxylic acids is 2. The van der Waals surface area contributed by atoms with E-state index in [0.717, 1.165) is 54.2 Å². The number of pyridine rings is 1. The predicted octanol–water partition coefficient (Wildman–Crippen LogP) is 4.33. The second-order valence-corrected chi connectivity index (χ2v) is 10.0. The van der Waals surface area contributed by atoms with E-state index in [0.29, 0.717) is 13.1 Å². The summed E-state index contributed by atoms with van der Waals surface area (Å²) in [5, 5.41) is 6.06. The van der Waals surface area contributed by atoms with Crippen LogP contribution in [-0.4, -0.2) is 65.9 Å². The summed E-state index contributed by atoms with van der Waals surface area (Å²) in [7, 11) is 0. The van der Waals surface area contributed by atoms with Crippen LogP contribution in [0.2, 0.25) is 0 Å². The van der Waals surface area contributed by atoms with E-state index >= 15 is 0 Å². The zero-order chi connectivity index (χ0) is 25.5. The highest BCUT2D eigenvalue weighted by atomic mass is 16.2. The van der Waals surface area contributed by atoms with Gasteiger partial charge >= 0.3 is 0 Å². The normalized spacial score (nSPS) is 16.2. The van der Waals surface area contributed by atoms with Gasteiger partial charge in [0.25, 0.3) is 0 Å². The second-order valence-electron chi connectivity index (χ2n) is 10.0. The summed E-state index contributed by atoms with van der Waals surface area (Å²) in [5.41, 5.74) is 4.98. The Morgan fingerprint density at radius 1 is 0.622 bits per heavy atom. The standard InChI is InChI=1S/C30H35N5O2/c36-28(21-34-17-1-2-18-34)32-26-9-5-23(6-10-26)30(25-13-15-31-16-14-25)24-7-11-27(12-8-24)33-29(37)22-35-19-3-4-20-35/h5-16,30H,1-4,17-22H2,(H,32,36)(H,33,37). The molecule has 2 aliphatic rings. The maximum atomic E-state index is 12.4. The fourth-order valence-electron chi connectivity index (χ4n) is 5.34. The van der Waals surface area contributed by atoms with Crippen LogP contribution in [0.3, 0.4) is 0 Å². The number of aromatic nitrogens is 1. The molecule has 2 N–H and O–H groups in total. The Morgan fingerprint density at radius 3 is 1.41 bits per heavy atom. The number of amides is 2. The number of benzene rings is 2. The van der Waals surface area contributed by atoms with Crippen molar-refractivity contribution in [3.05, 3.63) is 89.7 Å². The lowest BCUT2D eigenvalue weighted by atomic mass is 9.85. The molecule has 7 nitrogen and oxygen atoms in total. The van der Waals surface area contributed by atoms with Gasteiger partial charge < -0.3 is 10.6 Å². The molecule has 3 heterocycles. The Morgan fingerprint density at radius 2 is 1.00 bits per heavy atom. The summed E-state index contributed by atoms with van der Waals surface area (Å²) in [6, 6.07) is 20.2. The van der Waals surface area contributed by atoms with Crippen LogP contribution in [0.15, 0.2) is 73.1 Å². The molecule has 0 saturated carbocycles. The highest BCUT2D eigenvalue weighted by molar-refractivity contribution is 5.92. The van der Waals surface area contributed by atoms with Gasteiger partial charge in [0, 0.05) is 29.7 Å². The Kier molecular flexibility index (Phi) is 8.23. The van der Waals surface area contributed by atoms with Gasteiger partial charge in [-0.05, 0) is 105 Å². The summed E-state index contributed by atoms with van der Waals surface area (Å²) in [6.45, 7) is 4.90. The fraction of sp³-hybridized carbons (Fsp3) is 0.367. The molecular weight excluding hydrogens is 462 g/mol. The first-order valence-corrected chi connectivity index (χ1v) is 13.3. The van der Waals surface area contributed by atoms with E-state index in [4.69, 9.17) is 0 Å². The molecule has 2 aliphatic heterocycles. The number of carbonyl (C=O) groups is 2. The summed E-state index contributed by atoms with van der Waals surface area (Å²) in [5.74, 6) is 0.0668. The third kappa shape index (κ3) is 6.81. The van der Waals surface area contributed by atoms with Crippen LogP contribution >= 0.6 is 0 Å². The number of likely N-dealkylation sites (tertiary alicyclic amines) is 2. The van der Waals surface area contributed by atoms with Crippen LogP contribution in [0.25, 0.3) is 0 Å². The molecule has 192 valence electrons. The van der Waals surface area contributed by atoms with Crippen molar-refractivity contribution < 1.29 is 9.59 Å². The SMILES string of the molecule is O=C(CN1CCCC1)Nc1ccc(C(c2ccncc2)c2ccc(NC(=O)CN3CCCC3)cc2)cc1. The van der Waals surface area contributed by atoms with E-state index in [-0.39, 0.29) is 17.7 Å². The third-order valence-corrected chi connectivity index (χ3v) is 7.23. The van der Waals surface area contributed by atoms with Crippen molar-refractivity contribution in [1.29, 1.82) is 0 Å². The van der Waals surface area contributed by atoms with E-state index < -0.39 is 0 Å².